The summed E-state index contributed by atoms with van der Waals surface area (Å²) in [5.74, 6) is 0.208. The van der Waals surface area contributed by atoms with E-state index in [0.29, 0.717) is 10.3 Å². The molecular formula is C23H28N10O2S2. The van der Waals surface area contributed by atoms with Gasteiger partial charge in [-0.1, -0.05) is 29.1 Å². The van der Waals surface area contributed by atoms with E-state index in [-0.39, 0.29) is 36.5 Å². The van der Waals surface area contributed by atoms with E-state index in [0.717, 1.165) is 47.1 Å². The van der Waals surface area contributed by atoms with Crippen molar-refractivity contribution < 1.29 is 9.59 Å². The van der Waals surface area contributed by atoms with Gasteiger partial charge in [0, 0.05) is 42.7 Å². The molecule has 0 aromatic carbocycles. The third-order valence-electron chi connectivity index (χ3n) is 6.23. The van der Waals surface area contributed by atoms with Crippen molar-refractivity contribution in [3.8, 4) is 0 Å². The number of rotatable bonds is 8. The molecule has 1 saturated carbocycles. The van der Waals surface area contributed by atoms with Gasteiger partial charge in [0.25, 0.3) is 0 Å². The second-order valence-corrected chi connectivity index (χ2v) is 10.9. The van der Waals surface area contributed by atoms with Crippen molar-refractivity contribution in [1.29, 1.82) is 0 Å². The number of nitrogens with zero attached hydrogens (tertiary/aromatic N) is 5. The lowest BCUT2D eigenvalue weighted by Gasteiger charge is -2.25. The molecule has 2 aromatic heterocycles. The SMILES string of the molecule is CN1NC=CC=C1CC(=O)Nc1nnc([C@H]2CCC[C@H](c3nnc(NC(=O)CC4=CC=CNN4)s3)C2)s1. The van der Waals surface area contributed by atoms with Crippen LogP contribution in [0.5, 0.6) is 0 Å². The number of anilines is 2. The summed E-state index contributed by atoms with van der Waals surface area (Å²) in [5.41, 5.74) is 10.5. The lowest BCUT2D eigenvalue weighted by Crippen LogP contribution is -2.32. The monoisotopic (exact) mass is 540 g/mol. The van der Waals surface area contributed by atoms with E-state index in [1.807, 2.05) is 31.4 Å². The lowest BCUT2D eigenvalue weighted by molar-refractivity contribution is -0.116. The average molecular weight is 541 g/mol. The van der Waals surface area contributed by atoms with E-state index in [1.165, 1.54) is 22.7 Å². The zero-order valence-electron chi connectivity index (χ0n) is 20.2. The van der Waals surface area contributed by atoms with Crippen LogP contribution in [0, 0.1) is 0 Å². The van der Waals surface area contributed by atoms with Gasteiger partial charge in [-0.05, 0) is 43.6 Å². The number of amides is 2. The maximum Gasteiger partial charge on any atom is 0.232 e. The Kier molecular flexibility index (Phi) is 7.75. The third kappa shape index (κ3) is 6.51. The summed E-state index contributed by atoms with van der Waals surface area (Å²) in [6.45, 7) is 0. The van der Waals surface area contributed by atoms with Gasteiger partial charge >= 0.3 is 0 Å². The highest BCUT2D eigenvalue weighted by Gasteiger charge is 2.29. The maximum atomic E-state index is 12.5. The first-order valence-corrected chi connectivity index (χ1v) is 13.7. The van der Waals surface area contributed by atoms with Crippen molar-refractivity contribution in [3.05, 3.63) is 58.1 Å². The van der Waals surface area contributed by atoms with Crippen LogP contribution in [0.3, 0.4) is 0 Å². The fraction of sp³-hybridized carbons (Fsp3) is 0.391. The standard InChI is InChI=1S/C23H28N10O2S2/c1-33-17(8-4-10-25-33)13-19(35)27-23-32-30-21(37-23)15-6-2-5-14(11-15)20-29-31-22(36-20)26-18(34)12-16-7-3-9-24-28-16/h3-4,7-10,14-15,24-25,28H,2,5-6,11-13H2,1H3,(H,26,31,34)(H,27,32,35)/t14-,15-/m0/s1. The summed E-state index contributed by atoms with van der Waals surface area (Å²) in [5, 5.41) is 27.5. The molecule has 12 nitrogen and oxygen atoms in total. The molecule has 2 aromatic rings. The van der Waals surface area contributed by atoms with Gasteiger partial charge in [0.15, 0.2) is 0 Å². The van der Waals surface area contributed by atoms with Gasteiger partial charge in [0.05, 0.1) is 12.8 Å². The molecule has 2 amide bonds. The zero-order chi connectivity index (χ0) is 25.6. The molecule has 0 unspecified atom stereocenters. The fourth-order valence-electron chi connectivity index (χ4n) is 4.38. The number of carbonyl (C=O) groups excluding carboxylic acids is 2. The van der Waals surface area contributed by atoms with Crippen LogP contribution in [0.25, 0.3) is 0 Å². The van der Waals surface area contributed by atoms with Gasteiger partial charge in [-0.15, -0.1) is 20.4 Å². The number of hydrogen-bond acceptors (Lipinski definition) is 12. The fourth-order valence-corrected chi connectivity index (χ4v) is 6.19. The first kappa shape index (κ1) is 24.9. The number of aromatic nitrogens is 4. The molecule has 194 valence electrons. The Labute approximate surface area is 222 Å². The Balaban J connectivity index is 1.14. The summed E-state index contributed by atoms with van der Waals surface area (Å²) < 4.78 is 0. The summed E-state index contributed by atoms with van der Waals surface area (Å²) in [6.07, 6.45) is 15.4. The van der Waals surface area contributed by atoms with Gasteiger partial charge in [0.2, 0.25) is 22.1 Å². The van der Waals surface area contributed by atoms with Crippen molar-refractivity contribution in [2.75, 3.05) is 17.7 Å². The number of nitrogens with one attached hydrogen (secondary N) is 5. The van der Waals surface area contributed by atoms with Crippen LogP contribution >= 0.6 is 22.7 Å². The maximum absolute atomic E-state index is 12.5. The highest BCUT2D eigenvalue weighted by atomic mass is 32.1. The first-order chi connectivity index (χ1) is 18.0. The minimum atomic E-state index is -0.150. The molecule has 0 bridgehead atoms. The van der Waals surface area contributed by atoms with Gasteiger partial charge in [-0.3, -0.25) is 14.6 Å². The molecule has 1 aliphatic carbocycles. The zero-order valence-corrected chi connectivity index (χ0v) is 21.9. The van der Waals surface area contributed by atoms with Crippen molar-refractivity contribution in [1.82, 2.24) is 41.7 Å². The summed E-state index contributed by atoms with van der Waals surface area (Å²) in [7, 11) is 1.86. The van der Waals surface area contributed by atoms with Gasteiger partial charge < -0.3 is 26.9 Å². The molecule has 4 heterocycles. The highest BCUT2D eigenvalue weighted by Crippen LogP contribution is 2.43. The Hall–Kier alpha value is -3.78. The predicted octanol–water partition coefficient (Wildman–Crippen LogP) is 2.84. The summed E-state index contributed by atoms with van der Waals surface area (Å²) in [4.78, 5) is 24.8. The van der Waals surface area contributed by atoms with Gasteiger partial charge in [-0.2, -0.15) is 0 Å². The van der Waals surface area contributed by atoms with Crippen LogP contribution in [-0.2, 0) is 9.59 Å². The Bertz CT molecular complexity index is 1260. The van der Waals surface area contributed by atoms with Crippen LogP contribution in [0.4, 0.5) is 10.3 Å². The number of carbonyl (C=O) groups is 2. The van der Waals surface area contributed by atoms with E-state index in [1.54, 1.807) is 17.4 Å². The summed E-state index contributed by atoms with van der Waals surface area (Å²) >= 11 is 2.86. The molecule has 2 aliphatic heterocycles. The normalized spacial score (nSPS) is 20.7. The van der Waals surface area contributed by atoms with Crippen LogP contribution in [0.2, 0.25) is 0 Å². The number of hydrazine groups is 2. The molecule has 0 radical (unpaired) electrons. The van der Waals surface area contributed by atoms with Crippen LogP contribution in [-0.4, -0.2) is 44.3 Å². The molecule has 5 N–H and O–H groups in total. The second-order valence-electron chi connectivity index (χ2n) is 8.93. The molecule has 0 saturated heterocycles. The van der Waals surface area contributed by atoms with E-state index >= 15 is 0 Å². The molecule has 14 heteroatoms. The third-order valence-corrected chi connectivity index (χ3v) is 8.24. The van der Waals surface area contributed by atoms with Crippen molar-refractivity contribution in [2.24, 2.45) is 0 Å². The molecular weight excluding hydrogens is 512 g/mol. The van der Waals surface area contributed by atoms with E-state index < -0.39 is 0 Å². The topological polar surface area (TPSA) is 149 Å². The first-order valence-electron chi connectivity index (χ1n) is 12.0. The molecule has 1 fully saturated rings. The van der Waals surface area contributed by atoms with Crippen LogP contribution in [0.1, 0.15) is 60.4 Å². The smallest absolute Gasteiger partial charge is 0.232 e. The Morgan fingerprint density at radius 1 is 0.946 bits per heavy atom. The lowest BCUT2D eigenvalue weighted by atomic mass is 9.82. The highest BCUT2D eigenvalue weighted by molar-refractivity contribution is 7.15. The molecule has 2 atom stereocenters. The van der Waals surface area contributed by atoms with Crippen molar-refractivity contribution in [3.63, 3.8) is 0 Å². The van der Waals surface area contributed by atoms with Crippen molar-refractivity contribution >= 4 is 44.8 Å². The van der Waals surface area contributed by atoms with Gasteiger partial charge in [0.1, 0.15) is 10.0 Å². The minimum Gasteiger partial charge on any atom is -0.308 e. The van der Waals surface area contributed by atoms with E-state index in [9.17, 15) is 9.59 Å². The predicted molar refractivity (Wildman–Crippen MR) is 142 cm³/mol. The number of allylic oxidation sites excluding steroid dienone is 4. The molecule has 0 spiro atoms. The van der Waals surface area contributed by atoms with Gasteiger partial charge in [-0.25, -0.2) is 0 Å². The average Bonchev–Trinajstić information content (AvgIpc) is 3.56. The molecule has 37 heavy (non-hydrogen) atoms. The second kappa shape index (κ2) is 11.5. The van der Waals surface area contributed by atoms with Crippen molar-refractivity contribution in [2.45, 2.75) is 50.4 Å². The molecule has 5 rings (SSSR count). The summed E-state index contributed by atoms with van der Waals surface area (Å²) in [6, 6.07) is 0. The largest absolute Gasteiger partial charge is 0.308 e. The van der Waals surface area contributed by atoms with Crippen LogP contribution in [0.15, 0.2) is 48.1 Å². The Morgan fingerprint density at radius 3 is 2.22 bits per heavy atom. The van der Waals surface area contributed by atoms with E-state index in [4.69, 9.17) is 0 Å². The molecule has 3 aliphatic rings. The number of hydrogen-bond donors (Lipinski definition) is 5. The van der Waals surface area contributed by atoms with E-state index in [2.05, 4.69) is 47.3 Å². The van der Waals surface area contributed by atoms with Crippen LogP contribution < -0.4 is 26.9 Å². The minimum absolute atomic E-state index is 0.133. The quantitative estimate of drug-likeness (QED) is 0.338. The Morgan fingerprint density at radius 2 is 1.59 bits per heavy atom.